The lowest BCUT2D eigenvalue weighted by molar-refractivity contribution is -0.116. The molecular weight excluding hydrogens is 392 g/mol. The average molecular weight is 409 g/mol. The highest BCUT2D eigenvalue weighted by Gasteiger charge is 2.23. The van der Waals surface area contributed by atoms with Crippen molar-refractivity contribution in [2.75, 3.05) is 23.0 Å². The van der Waals surface area contributed by atoms with Gasteiger partial charge in [0.25, 0.3) is 11.1 Å². The normalized spacial score (nSPS) is 13.6. The second kappa shape index (κ2) is 7.37. The molecule has 8 heteroatoms. The molecule has 0 fully saturated rings. The first kappa shape index (κ1) is 17.4. The van der Waals surface area contributed by atoms with E-state index < -0.39 is 0 Å². The minimum atomic E-state index is 0.0459. The molecule has 0 atom stereocenters. The Hall–Kier alpha value is -2.71. The number of carbonyl (C=O) groups is 1. The fourth-order valence-corrected chi connectivity index (χ4v) is 4.89. The van der Waals surface area contributed by atoms with Gasteiger partial charge in [-0.3, -0.25) is 4.79 Å². The van der Waals surface area contributed by atoms with Crippen molar-refractivity contribution in [3.8, 4) is 11.5 Å². The number of nitrogens with one attached hydrogen (secondary N) is 1. The molecule has 0 spiro atoms. The van der Waals surface area contributed by atoms with Crippen LogP contribution >= 0.6 is 23.5 Å². The van der Waals surface area contributed by atoms with Crippen molar-refractivity contribution in [2.45, 2.75) is 10.1 Å². The van der Waals surface area contributed by atoms with Crippen molar-refractivity contribution in [2.24, 2.45) is 0 Å². The highest BCUT2D eigenvalue weighted by Crippen LogP contribution is 2.35. The van der Waals surface area contributed by atoms with Crippen molar-refractivity contribution in [3.05, 3.63) is 54.7 Å². The number of nitrogens with zero attached hydrogens (tertiary/aromatic N) is 3. The Kier molecular flexibility index (Phi) is 4.58. The first-order valence-electron chi connectivity index (χ1n) is 8.84. The molecule has 1 amide bonds. The number of rotatable bonds is 4. The number of carbonyl (C=O) groups excluding carboxylic acids is 1. The molecular formula is C20H16N4O2S2. The van der Waals surface area contributed by atoms with Crippen LogP contribution in [0.25, 0.3) is 22.4 Å². The molecule has 0 saturated heterocycles. The molecule has 140 valence electrons. The number of thioether (sulfide) groups is 2. The quantitative estimate of drug-likeness (QED) is 0.503. The second-order valence-corrected chi connectivity index (χ2v) is 8.33. The predicted molar refractivity (Wildman–Crippen MR) is 112 cm³/mol. The molecule has 0 saturated carbocycles. The maximum atomic E-state index is 12.7. The Labute approximate surface area is 169 Å². The second-order valence-electron chi connectivity index (χ2n) is 6.27. The smallest absolute Gasteiger partial charge is 0.277 e. The largest absolute Gasteiger partial charge is 0.411 e. The lowest BCUT2D eigenvalue weighted by Gasteiger charge is -2.28. The van der Waals surface area contributed by atoms with Crippen LogP contribution in [0.3, 0.4) is 0 Å². The van der Waals surface area contributed by atoms with Crippen molar-refractivity contribution < 1.29 is 9.21 Å². The third kappa shape index (κ3) is 3.18. The zero-order valence-corrected chi connectivity index (χ0v) is 16.4. The summed E-state index contributed by atoms with van der Waals surface area (Å²) in [6, 6.07) is 16.0. The summed E-state index contributed by atoms with van der Waals surface area (Å²) in [6.45, 7) is 0.714. The number of aromatic amines is 1. The van der Waals surface area contributed by atoms with E-state index >= 15 is 0 Å². The van der Waals surface area contributed by atoms with Crippen LogP contribution in [0, 0.1) is 0 Å². The van der Waals surface area contributed by atoms with Gasteiger partial charge >= 0.3 is 0 Å². The molecule has 0 unspecified atom stereocenters. The standard InChI is InChI=1S/C20H16N4O2S2/c25-18(24-9-10-27-17-8-4-3-7-16(17)24)12-28-20-23-22-19(26-20)14-11-21-15-6-2-1-5-13(14)15/h1-8,11,21H,9-10,12H2. The van der Waals surface area contributed by atoms with Crippen LogP contribution < -0.4 is 4.90 Å². The Balaban J connectivity index is 1.30. The van der Waals surface area contributed by atoms with Gasteiger partial charge in [-0.2, -0.15) is 0 Å². The molecule has 0 bridgehead atoms. The molecule has 2 aromatic heterocycles. The van der Waals surface area contributed by atoms with Gasteiger partial charge in [-0.1, -0.05) is 42.1 Å². The lowest BCUT2D eigenvalue weighted by Crippen LogP contribution is -2.36. The minimum absolute atomic E-state index is 0.0459. The number of H-pyrrole nitrogens is 1. The number of para-hydroxylation sites is 2. The van der Waals surface area contributed by atoms with Gasteiger partial charge in [0.15, 0.2) is 0 Å². The molecule has 1 N–H and O–H groups in total. The number of anilines is 1. The Morgan fingerprint density at radius 3 is 3.00 bits per heavy atom. The highest BCUT2D eigenvalue weighted by atomic mass is 32.2. The van der Waals surface area contributed by atoms with Crippen LogP contribution in [0.4, 0.5) is 5.69 Å². The average Bonchev–Trinajstić information content (AvgIpc) is 3.38. The van der Waals surface area contributed by atoms with Crippen molar-refractivity contribution in [3.63, 3.8) is 0 Å². The third-order valence-corrected chi connectivity index (χ3v) is 6.42. The minimum Gasteiger partial charge on any atom is -0.411 e. The van der Waals surface area contributed by atoms with Crippen molar-refractivity contribution >= 4 is 46.0 Å². The Morgan fingerprint density at radius 1 is 1.18 bits per heavy atom. The number of hydrogen-bond acceptors (Lipinski definition) is 6. The van der Waals surface area contributed by atoms with Crippen LogP contribution in [0.15, 0.2) is 69.3 Å². The van der Waals surface area contributed by atoms with E-state index in [1.807, 2.05) is 53.6 Å². The van der Waals surface area contributed by atoms with E-state index in [0.717, 1.165) is 32.8 Å². The van der Waals surface area contributed by atoms with Gasteiger partial charge in [0.1, 0.15) is 0 Å². The first-order chi connectivity index (χ1) is 13.8. The van der Waals surface area contributed by atoms with E-state index in [0.29, 0.717) is 17.7 Å². The van der Waals surface area contributed by atoms with Crippen molar-refractivity contribution in [1.29, 1.82) is 0 Å². The van der Waals surface area contributed by atoms with Gasteiger partial charge in [0.2, 0.25) is 5.91 Å². The predicted octanol–water partition coefficient (Wildman–Crippen LogP) is 4.45. The Morgan fingerprint density at radius 2 is 2.04 bits per heavy atom. The maximum absolute atomic E-state index is 12.7. The van der Waals surface area contributed by atoms with Gasteiger partial charge < -0.3 is 14.3 Å². The van der Waals surface area contributed by atoms with Crippen LogP contribution in [0.2, 0.25) is 0 Å². The van der Waals surface area contributed by atoms with Gasteiger partial charge in [-0.25, -0.2) is 0 Å². The summed E-state index contributed by atoms with van der Waals surface area (Å²) in [7, 11) is 0. The Bertz CT molecular complexity index is 1150. The summed E-state index contributed by atoms with van der Waals surface area (Å²) in [4.78, 5) is 18.9. The highest BCUT2D eigenvalue weighted by molar-refractivity contribution is 8.00. The molecule has 2 aromatic carbocycles. The number of hydrogen-bond donors (Lipinski definition) is 1. The molecule has 1 aliphatic heterocycles. The zero-order valence-electron chi connectivity index (χ0n) is 14.8. The monoisotopic (exact) mass is 408 g/mol. The van der Waals surface area contributed by atoms with Crippen LogP contribution in [-0.2, 0) is 4.79 Å². The summed E-state index contributed by atoms with van der Waals surface area (Å²) in [5.74, 6) is 1.66. The summed E-state index contributed by atoms with van der Waals surface area (Å²) in [5.41, 5.74) is 2.86. The molecule has 1 aliphatic rings. The molecule has 28 heavy (non-hydrogen) atoms. The van der Waals surface area contributed by atoms with Crippen LogP contribution in [0.5, 0.6) is 0 Å². The van der Waals surface area contributed by atoms with E-state index in [9.17, 15) is 4.79 Å². The van der Waals surface area contributed by atoms with E-state index in [1.165, 1.54) is 11.8 Å². The summed E-state index contributed by atoms with van der Waals surface area (Å²) in [6.07, 6.45) is 1.86. The third-order valence-electron chi connectivity index (χ3n) is 4.57. The van der Waals surface area contributed by atoms with Gasteiger partial charge in [0, 0.05) is 34.3 Å². The molecule has 6 nitrogen and oxygen atoms in total. The van der Waals surface area contributed by atoms with E-state index in [4.69, 9.17) is 4.42 Å². The summed E-state index contributed by atoms with van der Waals surface area (Å²) < 4.78 is 5.79. The van der Waals surface area contributed by atoms with E-state index in [-0.39, 0.29) is 11.7 Å². The zero-order chi connectivity index (χ0) is 18.9. The van der Waals surface area contributed by atoms with E-state index in [1.54, 1.807) is 11.8 Å². The molecule has 4 aromatic rings. The molecule has 3 heterocycles. The van der Waals surface area contributed by atoms with Gasteiger partial charge in [-0.05, 0) is 18.2 Å². The SMILES string of the molecule is O=C(CSc1nnc(-c2c[nH]c3ccccc23)o1)N1CCSc2ccccc21. The molecule has 5 rings (SSSR count). The molecule has 0 aliphatic carbocycles. The fraction of sp³-hybridized carbons (Fsp3) is 0.150. The van der Waals surface area contributed by atoms with Gasteiger partial charge in [-0.15, -0.1) is 22.0 Å². The van der Waals surface area contributed by atoms with Crippen LogP contribution in [0.1, 0.15) is 0 Å². The number of amides is 1. The summed E-state index contributed by atoms with van der Waals surface area (Å²) >= 11 is 3.05. The van der Waals surface area contributed by atoms with Crippen molar-refractivity contribution in [1.82, 2.24) is 15.2 Å². The molecule has 0 radical (unpaired) electrons. The van der Waals surface area contributed by atoms with E-state index in [2.05, 4.69) is 21.2 Å². The number of aromatic nitrogens is 3. The lowest BCUT2D eigenvalue weighted by atomic mass is 10.2. The number of benzene rings is 2. The fourth-order valence-electron chi connectivity index (χ4n) is 3.26. The summed E-state index contributed by atoms with van der Waals surface area (Å²) in [5, 5.41) is 9.67. The maximum Gasteiger partial charge on any atom is 0.277 e. The first-order valence-corrected chi connectivity index (χ1v) is 10.8. The topological polar surface area (TPSA) is 75.0 Å². The van der Waals surface area contributed by atoms with Crippen LogP contribution in [-0.4, -0.2) is 39.1 Å². The van der Waals surface area contributed by atoms with Gasteiger partial charge in [0.05, 0.1) is 17.0 Å². The number of fused-ring (bicyclic) bond motifs is 2.